The third kappa shape index (κ3) is 4.65. The Hall–Kier alpha value is -3.65. The Bertz CT molecular complexity index is 1280. The van der Waals surface area contributed by atoms with E-state index in [0.29, 0.717) is 42.4 Å². The molecule has 164 valence electrons. The molecule has 0 fully saturated rings. The van der Waals surface area contributed by atoms with Crippen LogP contribution in [0.4, 0.5) is 0 Å². The standard InChI is InChI=1S/C24H22N2O5S/c1-30-17-8-10-18(11-9-17)31-13-5-12-26-20(14-16-6-3-2-4-7-16)25-22-21(23(26)27)19(15-32-22)24(28)29/h2-4,6-11,15H,5,12-14H2,1H3,(H,28,29). The SMILES string of the molecule is COc1ccc(OCCCn2c(Cc3ccccc3)nc3scc(C(=O)O)c3c2=O)cc1. The number of carboxylic acid groups (broad SMARTS) is 1. The maximum Gasteiger partial charge on any atom is 0.337 e. The molecular formula is C24H22N2O5S. The van der Waals surface area contributed by atoms with Gasteiger partial charge >= 0.3 is 5.97 Å². The van der Waals surface area contributed by atoms with Crippen LogP contribution >= 0.6 is 11.3 Å². The second-order valence-electron chi connectivity index (χ2n) is 7.16. The molecule has 2 aromatic carbocycles. The van der Waals surface area contributed by atoms with Crippen molar-refractivity contribution < 1.29 is 19.4 Å². The molecule has 32 heavy (non-hydrogen) atoms. The summed E-state index contributed by atoms with van der Waals surface area (Å²) in [6.45, 7) is 0.770. The van der Waals surface area contributed by atoms with E-state index < -0.39 is 5.97 Å². The van der Waals surface area contributed by atoms with Crippen molar-refractivity contribution in [1.82, 2.24) is 9.55 Å². The number of aromatic carboxylic acids is 1. The zero-order valence-electron chi connectivity index (χ0n) is 17.5. The Balaban J connectivity index is 1.58. The lowest BCUT2D eigenvalue weighted by Gasteiger charge is -2.13. The highest BCUT2D eigenvalue weighted by atomic mass is 32.1. The van der Waals surface area contributed by atoms with Crippen LogP contribution in [0.15, 0.2) is 64.8 Å². The van der Waals surface area contributed by atoms with Gasteiger partial charge in [-0.2, -0.15) is 0 Å². The summed E-state index contributed by atoms with van der Waals surface area (Å²) in [5.74, 6) is 0.943. The molecule has 0 unspecified atom stereocenters. The van der Waals surface area contributed by atoms with Crippen LogP contribution in [0.2, 0.25) is 0 Å². The first-order valence-electron chi connectivity index (χ1n) is 10.1. The van der Waals surface area contributed by atoms with Gasteiger partial charge in [0.25, 0.3) is 5.56 Å². The largest absolute Gasteiger partial charge is 0.497 e. The summed E-state index contributed by atoms with van der Waals surface area (Å²) in [7, 11) is 1.61. The number of hydrogen-bond donors (Lipinski definition) is 1. The molecule has 2 aromatic heterocycles. The fourth-order valence-corrected chi connectivity index (χ4v) is 4.37. The summed E-state index contributed by atoms with van der Waals surface area (Å²) >= 11 is 1.18. The van der Waals surface area contributed by atoms with Gasteiger partial charge in [-0.3, -0.25) is 9.36 Å². The average Bonchev–Trinajstić information content (AvgIpc) is 3.24. The number of carboxylic acids is 1. The van der Waals surface area contributed by atoms with Crippen molar-refractivity contribution >= 4 is 27.5 Å². The molecule has 0 radical (unpaired) electrons. The van der Waals surface area contributed by atoms with E-state index in [4.69, 9.17) is 9.47 Å². The number of methoxy groups -OCH3 is 1. The van der Waals surface area contributed by atoms with Crippen LogP contribution in [0, 0.1) is 0 Å². The molecule has 0 saturated heterocycles. The van der Waals surface area contributed by atoms with Crippen LogP contribution in [0.25, 0.3) is 10.2 Å². The molecule has 0 spiro atoms. The summed E-state index contributed by atoms with van der Waals surface area (Å²) in [5.41, 5.74) is 0.693. The van der Waals surface area contributed by atoms with Crippen molar-refractivity contribution in [2.75, 3.05) is 13.7 Å². The van der Waals surface area contributed by atoms with Gasteiger partial charge < -0.3 is 14.6 Å². The Morgan fingerprint density at radius 2 is 1.81 bits per heavy atom. The lowest BCUT2D eigenvalue weighted by atomic mass is 10.1. The highest BCUT2D eigenvalue weighted by Crippen LogP contribution is 2.23. The molecule has 8 heteroatoms. The van der Waals surface area contributed by atoms with Gasteiger partial charge in [0.1, 0.15) is 22.2 Å². The van der Waals surface area contributed by atoms with Crippen LogP contribution in [0.1, 0.15) is 28.2 Å². The number of nitrogens with zero attached hydrogens (tertiary/aromatic N) is 2. The van der Waals surface area contributed by atoms with E-state index in [2.05, 4.69) is 4.98 Å². The first kappa shape index (κ1) is 21.6. The van der Waals surface area contributed by atoms with E-state index in [0.717, 1.165) is 11.3 Å². The lowest BCUT2D eigenvalue weighted by Crippen LogP contribution is -2.27. The number of aromatic nitrogens is 2. The van der Waals surface area contributed by atoms with Gasteiger partial charge in [-0.05, 0) is 36.2 Å². The smallest absolute Gasteiger partial charge is 0.337 e. The number of thiophene rings is 1. The number of benzene rings is 2. The van der Waals surface area contributed by atoms with E-state index in [1.54, 1.807) is 11.7 Å². The van der Waals surface area contributed by atoms with Crippen LogP contribution in [0.5, 0.6) is 11.5 Å². The summed E-state index contributed by atoms with van der Waals surface area (Å²) in [5, 5.41) is 11.1. The van der Waals surface area contributed by atoms with Gasteiger partial charge in [0, 0.05) is 18.3 Å². The third-order valence-corrected chi connectivity index (χ3v) is 5.93. The predicted octanol–water partition coefficient (Wildman–Crippen LogP) is 4.22. The summed E-state index contributed by atoms with van der Waals surface area (Å²) < 4.78 is 12.5. The molecule has 4 rings (SSSR count). The van der Waals surface area contributed by atoms with Crippen LogP contribution in [0.3, 0.4) is 0 Å². The molecule has 2 heterocycles. The summed E-state index contributed by atoms with van der Waals surface area (Å²) in [4.78, 5) is 30.0. The topological polar surface area (TPSA) is 90.7 Å². The van der Waals surface area contributed by atoms with Crippen LogP contribution < -0.4 is 15.0 Å². The lowest BCUT2D eigenvalue weighted by molar-refractivity contribution is 0.0699. The predicted molar refractivity (Wildman–Crippen MR) is 123 cm³/mol. The second kappa shape index (κ2) is 9.65. The summed E-state index contributed by atoms with van der Waals surface area (Å²) in [6, 6.07) is 17.0. The summed E-state index contributed by atoms with van der Waals surface area (Å²) in [6.07, 6.45) is 1.04. The molecule has 0 amide bonds. The first-order valence-corrected chi connectivity index (χ1v) is 11.0. The Kier molecular flexibility index (Phi) is 6.51. The van der Waals surface area contributed by atoms with Gasteiger partial charge in [-0.15, -0.1) is 11.3 Å². The minimum atomic E-state index is -1.12. The van der Waals surface area contributed by atoms with E-state index >= 15 is 0 Å². The highest BCUT2D eigenvalue weighted by molar-refractivity contribution is 7.17. The zero-order valence-corrected chi connectivity index (χ0v) is 18.3. The van der Waals surface area contributed by atoms with Crippen molar-refractivity contribution in [1.29, 1.82) is 0 Å². The van der Waals surface area contributed by atoms with Crippen LogP contribution in [-0.2, 0) is 13.0 Å². The fraction of sp³-hybridized carbons (Fsp3) is 0.208. The van der Waals surface area contributed by atoms with Crippen molar-refractivity contribution in [3.63, 3.8) is 0 Å². The van der Waals surface area contributed by atoms with E-state index in [9.17, 15) is 14.7 Å². The fourth-order valence-electron chi connectivity index (χ4n) is 3.45. The second-order valence-corrected chi connectivity index (χ2v) is 8.02. The van der Waals surface area contributed by atoms with Gasteiger partial charge in [-0.25, -0.2) is 9.78 Å². The van der Waals surface area contributed by atoms with Crippen molar-refractivity contribution in [2.24, 2.45) is 0 Å². The molecule has 0 aliphatic heterocycles. The van der Waals surface area contributed by atoms with Crippen molar-refractivity contribution in [3.8, 4) is 11.5 Å². The highest BCUT2D eigenvalue weighted by Gasteiger charge is 2.19. The van der Waals surface area contributed by atoms with E-state index in [1.807, 2.05) is 54.6 Å². The maximum absolute atomic E-state index is 13.3. The number of fused-ring (bicyclic) bond motifs is 1. The molecule has 0 aliphatic rings. The van der Waals surface area contributed by atoms with Crippen LogP contribution in [-0.4, -0.2) is 34.3 Å². The van der Waals surface area contributed by atoms with Gasteiger partial charge in [0.05, 0.1) is 24.7 Å². The number of ether oxygens (including phenoxy) is 2. The average molecular weight is 451 g/mol. The molecule has 0 atom stereocenters. The first-order chi connectivity index (χ1) is 15.6. The van der Waals surface area contributed by atoms with Crippen molar-refractivity contribution in [3.05, 3.63) is 87.3 Å². The monoisotopic (exact) mass is 450 g/mol. The van der Waals surface area contributed by atoms with E-state index in [-0.39, 0.29) is 16.5 Å². The van der Waals surface area contributed by atoms with Gasteiger partial charge in [-0.1, -0.05) is 30.3 Å². The minimum Gasteiger partial charge on any atom is -0.497 e. The number of rotatable bonds is 9. The molecule has 0 saturated carbocycles. The molecule has 0 aliphatic carbocycles. The van der Waals surface area contributed by atoms with Crippen molar-refractivity contribution in [2.45, 2.75) is 19.4 Å². The maximum atomic E-state index is 13.3. The third-order valence-electron chi connectivity index (χ3n) is 5.06. The molecular weight excluding hydrogens is 428 g/mol. The number of hydrogen-bond acceptors (Lipinski definition) is 6. The normalized spacial score (nSPS) is 10.9. The minimum absolute atomic E-state index is 0.00278. The molecule has 1 N–H and O–H groups in total. The van der Waals surface area contributed by atoms with E-state index in [1.165, 1.54) is 16.7 Å². The quantitative estimate of drug-likeness (QED) is 0.384. The number of carbonyl (C=O) groups is 1. The zero-order chi connectivity index (χ0) is 22.5. The Morgan fingerprint density at radius 3 is 2.50 bits per heavy atom. The molecule has 7 nitrogen and oxygen atoms in total. The molecule has 0 bridgehead atoms. The molecule has 4 aromatic rings. The Morgan fingerprint density at radius 1 is 1.09 bits per heavy atom. The van der Waals surface area contributed by atoms with Gasteiger partial charge in [0.15, 0.2) is 0 Å². The van der Waals surface area contributed by atoms with Gasteiger partial charge in [0.2, 0.25) is 0 Å². The Labute approximate surface area is 188 Å².